The predicted octanol–water partition coefficient (Wildman–Crippen LogP) is 2.71. The van der Waals surface area contributed by atoms with Crippen LogP contribution < -0.4 is 10.2 Å². The fraction of sp³-hybridized carbons (Fsp3) is 0.625. The van der Waals surface area contributed by atoms with Crippen LogP contribution in [0.4, 0.5) is 5.69 Å². The van der Waals surface area contributed by atoms with Gasteiger partial charge in [-0.3, -0.25) is 0 Å². The number of aliphatic hydroxyl groups is 1. The lowest BCUT2D eigenvalue weighted by Crippen LogP contribution is -2.37. The summed E-state index contributed by atoms with van der Waals surface area (Å²) in [6.45, 7) is 3.14. The Labute approximate surface area is 116 Å². The van der Waals surface area contributed by atoms with Crippen molar-refractivity contribution in [3.63, 3.8) is 0 Å². The molecule has 0 aliphatic heterocycles. The highest BCUT2D eigenvalue weighted by Crippen LogP contribution is 2.32. The molecule has 0 heterocycles. The van der Waals surface area contributed by atoms with E-state index in [-0.39, 0.29) is 6.61 Å². The van der Waals surface area contributed by atoms with Gasteiger partial charge < -0.3 is 15.3 Å². The van der Waals surface area contributed by atoms with Crippen molar-refractivity contribution >= 4 is 5.69 Å². The van der Waals surface area contributed by atoms with Gasteiger partial charge >= 0.3 is 0 Å². The molecule has 2 N–H and O–H groups in total. The van der Waals surface area contributed by atoms with Crippen molar-refractivity contribution in [1.29, 1.82) is 0 Å². The number of hydrogen-bond acceptors (Lipinski definition) is 3. The van der Waals surface area contributed by atoms with Gasteiger partial charge in [-0.2, -0.15) is 0 Å². The molecule has 3 nitrogen and oxygen atoms in total. The lowest BCUT2D eigenvalue weighted by Gasteiger charge is -2.33. The minimum Gasteiger partial charge on any atom is -0.395 e. The maximum atomic E-state index is 9.39. The highest BCUT2D eigenvalue weighted by Gasteiger charge is 2.24. The number of nitrogens with one attached hydrogen (secondary N) is 1. The van der Waals surface area contributed by atoms with E-state index in [1.54, 1.807) is 0 Å². The summed E-state index contributed by atoms with van der Waals surface area (Å²) in [5.74, 6) is 0. The second-order valence-electron chi connectivity index (χ2n) is 5.42. The van der Waals surface area contributed by atoms with Crippen molar-refractivity contribution in [2.45, 2.75) is 44.7 Å². The van der Waals surface area contributed by atoms with Gasteiger partial charge in [-0.25, -0.2) is 0 Å². The third kappa shape index (κ3) is 3.28. The number of benzene rings is 1. The van der Waals surface area contributed by atoms with Gasteiger partial charge in [0.25, 0.3) is 0 Å². The molecule has 1 atom stereocenters. The van der Waals surface area contributed by atoms with Crippen LogP contribution in [0.3, 0.4) is 0 Å². The van der Waals surface area contributed by atoms with E-state index >= 15 is 0 Å². The van der Waals surface area contributed by atoms with Crippen molar-refractivity contribution in [3.05, 3.63) is 29.8 Å². The van der Waals surface area contributed by atoms with Crippen LogP contribution in [0.5, 0.6) is 0 Å². The minimum atomic E-state index is 0.221. The summed E-state index contributed by atoms with van der Waals surface area (Å²) in [6.07, 6.45) is 5.14. The molecule has 19 heavy (non-hydrogen) atoms. The molecule has 3 heteroatoms. The van der Waals surface area contributed by atoms with Crippen LogP contribution in [0, 0.1) is 0 Å². The predicted molar refractivity (Wildman–Crippen MR) is 80.6 cm³/mol. The average Bonchev–Trinajstić information content (AvgIpc) is 2.98. The van der Waals surface area contributed by atoms with Crippen molar-refractivity contribution < 1.29 is 5.11 Å². The molecule has 1 fully saturated rings. The molecule has 1 aliphatic rings. The Bertz CT molecular complexity index is 388. The van der Waals surface area contributed by atoms with Crippen LogP contribution in [0.15, 0.2) is 24.3 Å². The molecule has 0 spiro atoms. The number of nitrogens with zero attached hydrogens (tertiary/aromatic N) is 1. The first kappa shape index (κ1) is 14.4. The van der Waals surface area contributed by atoms with Crippen LogP contribution in [0.25, 0.3) is 0 Å². The van der Waals surface area contributed by atoms with Crippen LogP contribution >= 0.6 is 0 Å². The van der Waals surface area contributed by atoms with E-state index < -0.39 is 0 Å². The number of rotatable bonds is 6. The Balaban J connectivity index is 2.29. The first-order valence-electron chi connectivity index (χ1n) is 7.41. The first-order valence-corrected chi connectivity index (χ1v) is 7.41. The van der Waals surface area contributed by atoms with Gasteiger partial charge in [-0.05, 0) is 38.4 Å². The van der Waals surface area contributed by atoms with Crippen LogP contribution in [0.1, 0.15) is 44.2 Å². The van der Waals surface area contributed by atoms with Gasteiger partial charge in [0.2, 0.25) is 0 Å². The van der Waals surface area contributed by atoms with Crippen LogP contribution in [-0.4, -0.2) is 31.3 Å². The smallest absolute Gasteiger partial charge is 0.0606 e. The Hall–Kier alpha value is -1.06. The summed E-state index contributed by atoms with van der Waals surface area (Å²) < 4.78 is 0. The van der Waals surface area contributed by atoms with Crippen molar-refractivity contribution in [2.24, 2.45) is 0 Å². The molecule has 1 unspecified atom stereocenters. The largest absolute Gasteiger partial charge is 0.395 e. The first-order chi connectivity index (χ1) is 9.27. The third-order valence-corrected chi connectivity index (χ3v) is 4.25. The highest BCUT2D eigenvalue weighted by atomic mass is 16.3. The Kier molecular flexibility index (Phi) is 5.23. The summed E-state index contributed by atoms with van der Waals surface area (Å²) in [5.41, 5.74) is 2.61. The number of anilines is 1. The third-order valence-electron chi connectivity index (χ3n) is 4.25. The lowest BCUT2D eigenvalue weighted by molar-refractivity contribution is 0.297. The molecule has 1 saturated carbocycles. The molecule has 0 amide bonds. The van der Waals surface area contributed by atoms with Crippen molar-refractivity contribution in [2.75, 3.05) is 25.1 Å². The molecule has 0 saturated heterocycles. The van der Waals surface area contributed by atoms with Gasteiger partial charge in [0.15, 0.2) is 0 Å². The van der Waals surface area contributed by atoms with E-state index in [2.05, 4.69) is 41.4 Å². The fourth-order valence-corrected chi connectivity index (χ4v) is 3.09. The molecule has 1 aliphatic carbocycles. The Morgan fingerprint density at radius 1 is 1.32 bits per heavy atom. The molecule has 2 rings (SSSR count). The maximum absolute atomic E-state index is 9.39. The molecule has 1 aromatic carbocycles. The summed E-state index contributed by atoms with van der Waals surface area (Å²) in [6, 6.07) is 9.50. The van der Waals surface area contributed by atoms with Crippen LogP contribution in [-0.2, 0) is 0 Å². The van der Waals surface area contributed by atoms with E-state index in [4.69, 9.17) is 0 Å². The summed E-state index contributed by atoms with van der Waals surface area (Å²) >= 11 is 0. The van der Waals surface area contributed by atoms with Gasteiger partial charge in [0.1, 0.15) is 0 Å². The standard InChI is InChI=1S/C16H26N2O/c1-13(17-2)15-9-5-6-10-16(15)18(11-12-19)14-7-3-4-8-14/h5-6,9-10,13-14,17,19H,3-4,7-8,11-12H2,1-2H3. The molecule has 0 radical (unpaired) electrons. The summed E-state index contributed by atoms with van der Waals surface area (Å²) in [7, 11) is 1.99. The Morgan fingerprint density at radius 2 is 2.00 bits per heavy atom. The average molecular weight is 262 g/mol. The molecular weight excluding hydrogens is 236 g/mol. The Morgan fingerprint density at radius 3 is 2.63 bits per heavy atom. The quantitative estimate of drug-likeness (QED) is 0.827. The second kappa shape index (κ2) is 6.92. The molecule has 1 aromatic rings. The lowest BCUT2D eigenvalue weighted by atomic mass is 10.0. The topological polar surface area (TPSA) is 35.5 Å². The van der Waals surface area contributed by atoms with Crippen molar-refractivity contribution in [3.8, 4) is 0 Å². The minimum absolute atomic E-state index is 0.221. The van der Waals surface area contributed by atoms with E-state index in [1.165, 1.54) is 36.9 Å². The zero-order chi connectivity index (χ0) is 13.7. The number of aliphatic hydroxyl groups excluding tert-OH is 1. The summed E-state index contributed by atoms with van der Waals surface area (Å²) in [5, 5.41) is 12.7. The highest BCUT2D eigenvalue weighted by molar-refractivity contribution is 5.56. The SMILES string of the molecule is CNC(C)c1ccccc1N(CCO)C1CCCC1. The monoisotopic (exact) mass is 262 g/mol. The van der Waals surface area contributed by atoms with Crippen molar-refractivity contribution in [1.82, 2.24) is 5.32 Å². The zero-order valence-corrected chi connectivity index (χ0v) is 12.1. The maximum Gasteiger partial charge on any atom is 0.0606 e. The normalized spacial score (nSPS) is 17.6. The zero-order valence-electron chi connectivity index (χ0n) is 12.1. The van der Waals surface area contributed by atoms with Gasteiger partial charge in [-0.15, -0.1) is 0 Å². The van der Waals surface area contributed by atoms with Crippen LogP contribution in [0.2, 0.25) is 0 Å². The fourth-order valence-electron chi connectivity index (χ4n) is 3.09. The summed E-state index contributed by atoms with van der Waals surface area (Å²) in [4.78, 5) is 2.41. The van der Waals surface area contributed by atoms with Gasteiger partial charge in [0.05, 0.1) is 6.61 Å². The second-order valence-corrected chi connectivity index (χ2v) is 5.42. The molecule has 106 valence electrons. The van der Waals surface area contributed by atoms with E-state index in [1.807, 2.05) is 7.05 Å². The molecule has 0 aromatic heterocycles. The molecule has 0 bridgehead atoms. The van der Waals surface area contributed by atoms with E-state index in [9.17, 15) is 5.11 Å². The van der Waals surface area contributed by atoms with E-state index in [0.717, 1.165) is 6.54 Å². The number of hydrogen-bond donors (Lipinski definition) is 2. The molecular formula is C16H26N2O. The van der Waals surface area contributed by atoms with E-state index in [0.29, 0.717) is 12.1 Å². The number of para-hydroxylation sites is 1. The van der Waals surface area contributed by atoms with Gasteiger partial charge in [0, 0.05) is 24.3 Å². The van der Waals surface area contributed by atoms with Gasteiger partial charge in [-0.1, -0.05) is 31.0 Å².